The number of sulfonamides is 1. The van der Waals surface area contributed by atoms with Gasteiger partial charge in [0, 0.05) is 13.6 Å². The highest BCUT2D eigenvalue weighted by Crippen LogP contribution is 2.18. The standard InChI is InChI=1S/C19H24N2O4S/c1-4-25-17-8-10-18(11-9-17)26(23,24)21(3)14-19(22)20-13-16-7-5-6-15(2)12-16/h5-12H,4,13-14H2,1-3H3,(H,20,22). The summed E-state index contributed by atoms with van der Waals surface area (Å²) in [5.41, 5.74) is 2.07. The smallest absolute Gasteiger partial charge is 0.243 e. The molecule has 0 aromatic heterocycles. The van der Waals surface area contributed by atoms with Crippen molar-refractivity contribution in [2.75, 3.05) is 20.2 Å². The van der Waals surface area contributed by atoms with E-state index in [1.807, 2.05) is 38.1 Å². The van der Waals surface area contributed by atoms with Crippen LogP contribution in [0.1, 0.15) is 18.1 Å². The van der Waals surface area contributed by atoms with Crippen molar-refractivity contribution in [3.05, 3.63) is 59.7 Å². The van der Waals surface area contributed by atoms with Crippen LogP contribution in [0.2, 0.25) is 0 Å². The fourth-order valence-corrected chi connectivity index (χ4v) is 3.55. The van der Waals surface area contributed by atoms with Crippen molar-refractivity contribution in [3.63, 3.8) is 0 Å². The number of benzene rings is 2. The first kappa shape index (κ1) is 19.9. The molecule has 0 radical (unpaired) electrons. The van der Waals surface area contributed by atoms with Gasteiger partial charge in [-0.2, -0.15) is 4.31 Å². The first-order chi connectivity index (χ1) is 12.3. The van der Waals surface area contributed by atoms with Crippen molar-refractivity contribution in [2.24, 2.45) is 0 Å². The van der Waals surface area contributed by atoms with Gasteiger partial charge < -0.3 is 10.1 Å². The summed E-state index contributed by atoms with van der Waals surface area (Å²) in [5, 5.41) is 2.74. The SMILES string of the molecule is CCOc1ccc(S(=O)(=O)N(C)CC(=O)NCc2cccc(C)c2)cc1. The van der Waals surface area contributed by atoms with Crippen molar-refractivity contribution >= 4 is 15.9 Å². The number of carbonyl (C=O) groups is 1. The Morgan fingerprint density at radius 2 is 1.85 bits per heavy atom. The van der Waals surface area contributed by atoms with Crippen LogP contribution in [0.25, 0.3) is 0 Å². The molecule has 26 heavy (non-hydrogen) atoms. The number of rotatable bonds is 8. The first-order valence-electron chi connectivity index (χ1n) is 8.34. The van der Waals surface area contributed by atoms with E-state index in [4.69, 9.17) is 4.74 Å². The second kappa shape index (κ2) is 8.82. The second-order valence-corrected chi connectivity index (χ2v) is 7.98. The lowest BCUT2D eigenvalue weighted by Gasteiger charge is -2.17. The Morgan fingerprint density at radius 1 is 1.15 bits per heavy atom. The van der Waals surface area contributed by atoms with Crippen LogP contribution in [0.5, 0.6) is 5.75 Å². The van der Waals surface area contributed by atoms with Gasteiger partial charge in [-0.3, -0.25) is 4.79 Å². The van der Waals surface area contributed by atoms with Gasteiger partial charge in [-0.1, -0.05) is 29.8 Å². The Bertz CT molecular complexity index is 848. The van der Waals surface area contributed by atoms with Crippen molar-refractivity contribution in [1.29, 1.82) is 0 Å². The molecule has 0 atom stereocenters. The summed E-state index contributed by atoms with van der Waals surface area (Å²) in [5.74, 6) is 0.244. The van der Waals surface area contributed by atoms with Gasteiger partial charge in [0.15, 0.2) is 0 Å². The molecular formula is C19H24N2O4S. The lowest BCUT2D eigenvalue weighted by atomic mass is 10.1. The van der Waals surface area contributed by atoms with Crippen LogP contribution in [0.4, 0.5) is 0 Å². The fourth-order valence-electron chi connectivity index (χ4n) is 2.42. The van der Waals surface area contributed by atoms with Gasteiger partial charge in [0.2, 0.25) is 15.9 Å². The molecule has 2 aromatic rings. The van der Waals surface area contributed by atoms with Gasteiger partial charge in [-0.15, -0.1) is 0 Å². The molecule has 0 saturated carbocycles. The largest absolute Gasteiger partial charge is 0.494 e. The third kappa shape index (κ3) is 5.31. The molecule has 0 saturated heterocycles. The van der Waals surface area contributed by atoms with E-state index >= 15 is 0 Å². The molecule has 1 N–H and O–H groups in total. The number of hydrogen-bond acceptors (Lipinski definition) is 4. The average molecular weight is 376 g/mol. The van der Waals surface area contributed by atoms with Gasteiger partial charge in [0.05, 0.1) is 18.0 Å². The van der Waals surface area contributed by atoms with E-state index in [9.17, 15) is 13.2 Å². The van der Waals surface area contributed by atoms with Crippen molar-refractivity contribution in [3.8, 4) is 5.75 Å². The zero-order chi connectivity index (χ0) is 19.2. The molecule has 0 spiro atoms. The number of nitrogens with one attached hydrogen (secondary N) is 1. The second-order valence-electron chi connectivity index (χ2n) is 5.93. The van der Waals surface area contributed by atoms with Crippen LogP contribution in [-0.4, -0.2) is 38.8 Å². The Labute approximate surface area is 154 Å². The fraction of sp³-hybridized carbons (Fsp3) is 0.316. The molecule has 0 heterocycles. The van der Waals surface area contributed by atoms with Crippen LogP contribution in [0, 0.1) is 6.92 Å². The molecule has 1 amide bonds. The molecule has 0 aliphatic carbocycles. The zero-order valence-corrected chi connectivity index (χ0v) is 16.0. The van der Waals surface area contributed by atoms with Gasteiger partial charge in [0.1, 0.15) is 5.75 Å². The summed E-state index contributed by atoms with van der Waals surface area (Å²) in [6, 6.07) is 13.9. The highest BCUT2D eigenvalue weighted by molar-refractivity contribution is 7.89. The van der Waals surface area contributed by atoms with E-state index in [1.54, 1.807) is 12.1 Å². The number of ether oxygens (including phenoxy) is 1. The highest BCUT2D eigenvalue weighted by atomic mass is 32.2. The maximum atomic E-state index is 12.6. The molecule has 0 aliphatic heterocycles. The molecule has 140 valence electrons. The summed E-state index contributed by atoms with van der Waals surface area (Å²) in [6.45, 7) is 4.45. The van der Waals surface area contributed by atoms with Crippen LogP contribution < -0.4 is 10.1 Å². The van der Waals surface area contributed by atoms with Crippen LogP contribution in [0.15, 0.2) is 53.4 Å². The van der Waals surface area contributed by atoms with Gasteiger partial charge in [0.25, 0.3) is 0 Å². The molecule has 0 unspecified atom stereocenters. The molecule has 6 nitrogen and oxygen atoms in total. The molecule has 0 aliphatic rings. The number of aryl methyl sites for hydroxylation is 1. The van der Waals surface area contributed by atoms with E-state index in [0.717, 1.165) is 15.4 Å². The average Bonchev–Trinajstić information content (AvgIpc) is 2.61. The van der Waals surface area contributed by atoms with Crippen molar-refractivity contribution in [1.82, 2.24) is 9.62 Å². The van der Waals surface area contributed by atoms with E-state index < -0.39 is 10.0 Å². The summed E-state index contributed by atoms with van der Waals surface area (Å²) in [7, 11) is -2.35. The number of nitrogens with zero attached hydrogens (tertiary/aromatic N) is 1. The topological polar surface area (TPSA) is 75.7 Å². The van der Waals surface area contributed by atoms with E-state index in [2.05, 4.69) is 5.32 Å². The molecule has 2 rings (SSSR count). The monoisotopic (exact) mass is 376 g/mol. The minimum atomic E-state index is -3.74. The maximum Gasteiger partial charge on any atom is 0.243 e. The van der Waals surface area contributed by atoms with Crippen LogP contribution in [-0.2, 0) is 21.4 Å². The van der Waals surface area contributed by atoms with Gasteiger partial charge in [-0.05, 0) is 43.7 Å². The first-order valence-corrected chi connectivity index (χ1v) is 9.78. The summed E-state index contributed by atoms with van der Waals surface area (Å²) in [4.78, 5) is 12.2. The summed E-state index contributed by atoms with van der Waals surface area (Å²) in [6.07, 6.45) is 0. The Kier molecular flexibility index (Phi) is 6.76. The van der Waals surface area contributed by atoms with Crippen molar-refractivity contribution in [2.45, 2.75) is 25.3 Å². The molecule has 2 aromatic carbocycles. The normalized spacial score (nSPS) is 11.4. The third-order valence-corrected chi connectivity index (χ3v) is 5.60. The quantitative estimate of drug-likeness (QED) is 0.767. The molecule has 7 heteroatoms. The molecule has 0 fully saturated rings. The molecule has 0 bridgehead atoms. The lowest BCUT2D eigenvalue weighted by molar-refractivity contribution is -0.121. The molecular weight excluding hydrogens is 352 g/mol. The Morgan fingerprint density at radius 3 is 2.46 bits per heavy atom. The van der Waals surface area contributed by atoms with Crippen LogP contribution >= 0.6 is 0 Å². The van der Waals surface area contributed by atoms with Crippen LogP contribution in [0.3, 0.4) is 0 Å². The predicted octanol–water partition coefficient (Wildman–Crippen LogP) is 2.33. The summed E-state index contributed by atoms with van der Waals surface area (Å²) >= 11 is 0. The van der Waals surface area contributed by atoms with E-state index in [-0.39, 0.29) is 17.3 Å². The number of likely N-dealkylation sites (N-methyl/N-ethyl adjacent to an activating group) is 1. The van der Waals surface area contributed by atoms with E-state index in [1.165, 1.54) is 19.2 Å². The number of carbonyl (C=O) groups excluding carboxylic acids is 1. The minimum absolute atomic E-state index is 0.120. The predicted molar refractivity (Wildman–Crippen MR) is 100 cm³/mol. The lowest BCUT2D eigenvalue weighted by Crippen LogP contribution is -2.38. The minimum Gasteiger partial charge on any atom is -0.494 e. The number of hydrogen-bond donors (Lipinski definition) is 1. The van der Waals surface area contributed by atoms with Gasteiger partial charge >= 0.3 is 0 Å². The van der Waals surface area contributed by atoms with E-state index in [0.29, 0.717) is 18.9 Å². The summed E-state index contributed by atoms with van der Waals surface area (Å²) < 4.78 is 31.5. The zero-order valence-electron chi connectivity index (χ0n) is 15.2. The third-order valence-electron chi connectivity index (χ3n) is 3.78. The Hall–Kier alpha value is -2.38. The maximum absolute atomic E-state index is 12.6. The number of amides is 1. The van der Waals surface area contributed by atoms with Gasteiger partial charge in [-0.25, -0.2) is 8.42 Å². The van der Waals surface area contributed by atoms with Crippen molar-refractivity contribution < 1.29 is 17.9 Å². The highest BCUT2D eigenvalue weighted by Gasteiger charge is 2.22. The Balaban J connectivity index is 1.96.